The Morgan fingerprint density at radius 3 is 2.41 bits per heavy atom. The summed E-state index contributed by atoms with van der Waals surface area (Å²) in [5.74, 6) is 0. The second kappa shape index (κ2) is 8.84. The number of rotatable bonds is 7. The van der Waals surface area contributed by atoms with Gasteiger partial charge in [0.05, 0.1) is 12.2 Å². The van der Waals surface area contributed by atoms with E-state index in [1.165, 1.54) is 4.88 Å². The van der Waals surface area contributed by atoms with Crippen molar-refractivity contribution < 1.29 is 13.2 Å². The fourth-order valence-electron chi connectivity index (χ4n) is 3.52. The highest BCUT2D eigenvalue weighted by Gasteiger charge is 2.37. The number of hydrogen-bond acceptors (Lipinski definition) is 4. The molecular formula is C20H28N2O3S2. The summed E-state index contributed by atoms with van der Waals surface area (Å²) < 4.78 is 36.1. The van der Waals surface area contributed by atoms with Gasteiger partial charge in [0.15, 0.2) is 0 Å². The lowest BCUT2D eigenvalue weighted by Crippen LogP contribution is -2.54. The van der Waals surface area contributed by atoms with Crippen LogP contribution in [-0.2, 0) is 27.9 Å². The molecule has 27 heavy (non-hydrogen) atoms. The first-order chi connectivity index (χ1) is 12.9. The van der Waals surface area contributed by atoms with Gasteiger partial charge in [-0.1, -0.05) is 36.4 Å². The monoisotopic (exact) mass is 408 g/mol. The average Bonchev–Trinajstić information content (AvgIpc) is 3.12. The lowest BCUT2D eigenvalue weighted by atomic mass is 10.1. The predicted octanol–water partition coefficient (Wildman–Crippen LogP) is 3.54. The lowest BCUT2D eigenvalue weighted by Gasteiger charge is -2.39. The first-order valence-corrected chi connectivity index (χ1v) is 11.6. The van der Waals surface area contributed by atoms with Gasteiger partial charge in [-0.25, -0.2) is 0 Å². The van der Waals surface area contributed by atoms with Gasteiger partial charge in [-0.15, -0.1) is 11.3 Å². The molecule has 0 bridgehead atoms. The standard InChI is InChI=1S/C20H28N2O3S2/c1-16(12-20-10-7-11-26-20)22(15-19-8-5-4-6-9-19)27(23,24)21-13-17(2)25-18(3)14-21/h4-11,16-18H,12-15H2,1-3H3/t16-,17-,18+/m0/s1. The smallest absolute Gasteiger partial charge is 0.282 e. The molecule has 2 heterocycles. The number of hydrogen-bond donors (Lipinski definition) is 0. The van der Waals surface area contributed by atoms with Crippen LogP contribution in [0, 0.1) is 0 Å². The van der Waals surface area contributed by atoms with Crippen molar-refractivity contribution in [2.24, 2.45) is 0 Å². The maximum absolute atomic E-state index is 13.6. The van der Waals surface area contributed by atoms with E-state index in [0.29, 0.717) is 26.1 Å². The molecule has 0 radical (unpaired) electrons. The summed E-state index contributed by atoms with van der Waals surface area (Å²) in [6, 6.07) is 13.7. The molecule has 3 atom stereocenters. The Morgan fingerprint density at radius 1 is 1.15 bits per heavy atom. The van der Waals surface area contributed by atoms with E-state index in [-0.39, 0.29) is 18.2 Å². The van der Waals surface area contributed by atoms with Crippen LogP contribution in [0.3, 0.4) is 0 Å². The molecule has 7 heteroatoms. The number of nitrogens with zero attached hydrogens (tertiary/aromatic N) is 2. The molecule has 1 aliphatic heterocycles. The summed E-state index contributed by atoms with van der Waals surface area (Å²) >= 11 is 1.67. The van der Waals surface area contributed by atoms with Crippen LogP contribution >= 0.6 is 11.3 Å². The Kier molecular flexibility index (Phi) is 6.70. The van der Waals surface area contributed by atoms with Crippen molar-refractivity contribution in [3.05, 3.63) is 58.3 Å². The van der Waals surface area contributed by atoms with E-state index < -0.39 is 10.2 Å². The minimum absolute atomic E-state index is 0.102. The van der Waals surface area contributed by atoms with Crippen LogP contribution in [0.1, 0.15) is 31.2 Å². The molecule has 0 spiro atoms. The Bertz CT molecular complexity index is 799. The second-order valence-electron chi connectivity index (χ2n) is 7.25. The maximum Gasteiger partial charge on any atom is 0.282 e. The summed E-state index contributed by atoms with van der Waals surface area (Å²) in [6.07, 6.45) is 0.503. The van der Waals surface area contributed by atoms with Crippen molar-refractivity contribution in [3.63, 3.8) is 0 Å². The molecule has 3 rings (SSSR count). The van der Waals surface area contributed by atoms with Gasteiger partial charge in [-0.2, -0.15) is 17.0 Å². The van der Waals surface area contributed by atoms with Crippen LogP contribution < -0.4 is 0 Å². The van der Waals surface area contributed by atoms with Gasteiger partial charge in [-0.3, -0.25) is 0 Å². The topological polar surface area (TPSA) is 49.9 Å². The molecule has 2 aromatic rings. The number of morpholine rings is 1. The minimum atomic E-state index is -3.60. The van der Waals surface area contributed by atoms with Crippen molar-refractivity contribution >= 4 is 21.5 Å². The maximum atomic E-state index is 13.6. The molecule has 1 saturated heterocycles. The Morgan fingerprint density at radius 2 is 1.81 bits per heavy atom. The third kappa shape index (κ3) is 5.18. The van der Waals surface area contributed by atoms with Gasteiger partial charge < -0.3 is 4.74 Å². The number of ether oxygens (including phenoxy) is 1. The van der Waals surface area contributed by atoms with Crippen LogP contribution in [0.25, 0.3) is 0 Å². The molecule has 5 nitrogen and oxygen atoms in total. The largest absolute Gasteiger partial charge is 0.373 e. The van der Waals surface area contributed by atoms with E-state index in [1.54, 1.807) is 19.9 Å². The van der Waals surface area contributed by atoms with Crippen molar-refractivity contribution in [1.29, 1.82) is 0 Å². The zero-order valence-corrected chi connectivity index (χ0v) is 17.7. The molecule has 0 aliphatic carbocycles. The first-order valence-electron chi connectivity index (χ1n) is 9.35. The van der Waals surface area contributed by atoms with E-state index in [4.69, 9.17) is 4.74 Å². The Hall–Kier alpha value is -1.25. The SMILES string of the molecule is C[C@@H]1CN(S(=O)(=O)N(Cc2ccccc2)[C@@H](C)Cc2cccs2)C[C@H](C)O1. The summed E-state index contributed by atoms with van der Waals surface area (Å²) in [6.45, 7) is 7.00. The second-order valence-corrected chi connectivity index (χ2v) is 10.2. The third-order valence-corrected chi connectivity index (χ3v) is 7.69. The van der Waals surface area contributed by atoms with Gasteiger partial charge in [0.25, 0.3) is 10.2 Å². The van der Waals surface area contributed by atoms with E-state index >= 15 is 0 Å². The molecule has 1 fully saturated rings. The van der Waals surface area contributed by atoms with E-state index in [0.717, 1.165) is 5.56 Å². The summed E-state index contributed by atoms with van der Waals surface area (Å²) in [5.41, 5.74) is 0.994. The summed E-state index contributed by atoms with van der Waals surface area (Å²) in [7, 11) is -3.60. The average molecular weight is 409 g/mol. The van der Waals surface area contributed by atoms with Crippen molar-refractivity contribution in [1.82, 2.24) is 8.61 Å². The van der Waals surface area contributed by atoms with Crippen LogP contribution in [-0.4, -0.2) is 48.4 Å². The Labute approximate surface area is 166 Å². The van der Waals surface area contributed by atoms with E-state index in [2.05, 4.69) is 6.07 Å². The predicted molar refractivity (Wildman–Crippen MR) is 110 cm³/mol. The van der Waals surface area contributed by atoms with Crippen molar-refractivity contribution in [2.45, 2.75) is 52.0 Å². The van der Waals surface area contributed by atoms with E-state index in [1.807, 2.05) is 62.5 Å². The highest BCUT2D eigenvalue weighted by Crippen LogP contribution is 2.24. The highest BCUT2D eigenvalue weighted by atomic mass is 32.2. The molecular weight excluding hydrogens is 380 g/mol. The number of benzene rings is 1. The highest BCUT2D eigenvalue weighted by molar-refractivity contribution is 7.86. The zero-order valence-electron chi connectivity index (χ0n) is 16.1. The zero-order chi connectivity index (χ0) is 19.4. The van der Waals surface area contributed by atoms with Gasteiger partial charge in [0.1, 0.15) is 0 Å². The quantitative estimate of drug-likeness (QED) is 0.704. The van der Waals surface area contributed by atoms with Crippen molar-refractivity contribution in [3.8, 4) is 0 Å². The van der Waals surface area contributed by atoms with Crippen molar-refractivity contribution in [2.75, 3.05) is 13.1 Å². The molecule has 0 unspecified atom stereocenters. The first kappa shape index (κ1) is 20.5. The molecule has 0 saturated carbocycles. The van der Waals surface area contributed by atoms with Crippen LogP contribution in [0.2, 0.25) is 0 Å². The molecule has 1 aliphatic rings. The van der Waals surface area contributed by atoms with Gasteiger partial charge in [-0.05, 0) is 44.2 Å². The lowest BCUT2D eigenvalue weighted by molar-refractivity contribution is -0.0458. The normalized spacial score (nSPS) is 22.8. The summed E-state index contributed by atoms with van der Waals surface area (Å²) in [5, 5.41) is 2.03. The summed E-state index contributed by atoms with van der Waals surface area (Å²) in [4.78, 5) is 1.19. The third-order valence-electron chi connectivity index (χ3n) is 4.76. The molecule has 0 N–H and O–H groups in total. The number of thiophene rings is 1. The fourth-order valence-corrected chi connectivity index (χ4v) is 6.28. The van der Waals surface area contributed by atoms with Gasteiger partial charge in [0.2, 0.25) is 0 Å². The van der Waals surface area contributed by atoms with Crippen LogP contribution in [0.15, 0.2) is 47.8 Å². The van der Waals surface area contributed by atoms with Crippen LogP contribution in [0.5, 0.6) is 0 Å². The van der Waals surface area contributed by atoms with Crippen LogP contribution in [0.4, 0.5) is 0 Å². The molecule has 148 valence electrons. The molecule has 0 amide bonds. The minimum Gasteiger partial charge on any atom is -0.373 e. The van der Waals surface area contributed by atoms with E-state index in [9.17, 15) is 8.42 Å². The molecule has 1 aromatic carbocycles. The fraction of sp³-hybridized carbons (Fsp3) is 0.500. The van der Waals surface area contributed by atoms with Gasteiger partial charge in [0, 0.05) is 30.6 Å². The molecule has 1 aromatic heterocycles. The Balaban J connectivity index is 1.87. The van der Waals surface area contributed by atoms with Gasteiger partial charge >= 0.3 is 0 Å².